The molecule has 0 saturated heterocycles. The molecule has 0 aliphatic rings. The van der Waals surface area contributed by atoms with Crippen molar-refractivity contribution in [3.63, 3.8) is 0 Å². The fourth-order valence-corrected chi connectivity index (χ4v) is 1.58. The maximum atomic E-state index is 10.5. The first-order valence-electron chi connectivity index (χ1n) is 6.29. The van der Waals surface area contributed by atoms with Gasteiger partial charge in [-0.05, 0) is 47.1 Å². The standard InChI is InChI=1S/C13H27NO3/c1-11(2)14(9-6-7-12(15)16)10-8-13(3,4)17-5/h11H,6-10H2,1-5H3,(H,15,16). The van der Waals surface area contributed by atoms with E-state index in [-0.39, 0.29) is 12.0 Å². The molecule has 0 heterocycles. The van der Waals surface area contributed by atoms with Gasteiger partial charge in [-0.2, -0.15) is 0 Å². The summed E-state index contributed by atoms with van der Waals surface area (Å²) in [5.74, 6) is -0.717. The molecule has 0 amide bonds. The predicted octanol–water partition coefficient (Wildman–Crippen LogP) is 2.38. The first kappa shape index (κ1) is 16.4. The molecule has 0 unspecified atom stereocenters. The highest BCUT2D eigenvalue weighted by Crippen LogP contribution is 2.15. The fraction of sp³-hybridized carbons (Fsp3) is 0.923. The van der Waals surface area contributed by atoms with E-state index in [1.54, 1.807) is 7.11 Å². The van der Waals surface area contributed by atoms with Crippen molar-refractivity contribution in [2.24, 2.45) is 0 Å². The summed E-state index contributed by atoms with van der Waals surface area (Å²) in [6.45, 7) is 10.2. The molecule has 0 aliphatic heterocycles. The Morgan fingerprint density at radius 1 is 1.35 bits per heavy atom. The molecule has 0 rings (SSSR count). The summed E-state index contributed by atoms with van der Waals surface area (Å²) >= 11 is 0. The Kier molecular flexibility index (Phi) is 7.39. The average molecular weight is 245 g/mol. The number of carboxylic acids is 1. The van der Waals surface area contributed by atoms with E-state index in [0.29, 0.717) is 12.5 Å². The summed E-state index contributed by atoms with van der Waals surface area (Å²) in [6, 6.07) is 0.441. The molecule has 0 aromatic heterocycles. The molecule has 0 spiro atoms. The Morgan fingerprint density at radius 2 is 1.94 bits per heavy atom. The Balaban J connectivity index is 4.03. The van der Waals surface area contributed by atoms with E-state index in [9.17, 15) is 4.79 Å². The molecular weight excluding hydrogens is 218 g/mol. The van der Waals surface area contributed by atoms with Crippen LogP contribution in [-0.4, -0.2) is 47.8 Å². The van der Waals surface area contributed by atoms with Crippen LogP contribution in [0.4, 0.5) is 0 Å². The number of hydrogen-bond acceptors (Lipinski definition) is 3. The van der Waals surface area contributed by atoms with Crippen LogP contribution in [0.15, 0.2) is 0 Å². The number of nitrogens with zero attached hydrogens (tertiary/aromatic N) is 1. The first-order chi connectivity index (χ1) is 7.78. The number of ether oxygens (including phenoxy) is 1. The highest BCUT2D eigenvalue weighted by Gasteiger charge is 2.19. The molecule has 0 atom stereocenters. The molecule has 0 fully saturated rings. The van der Waals surface area contributed by atoms with Crippen molar-refractivity contribution in [3.05, 3.63) is 0 Å². The maximum Gasteiger partial charge on any atom is 0.303 e. The second kappa shape index (κ2) is 7.67. The van der Waals surface area contributed by atoms with Crippen molar-refractivity contribution in [1.82, 2.24) is 4.90 Å². The van der Waals surface area contributed by atoms with Crippen molar-refractivity contribution >= 4 is 5.97 Å². The van der Waals surface area contributed by atoms with Gasteiger partial charge in [0, 0.05) is 26.1 Å². The average Bonchev–Trinajstić information content (AvgIpc) is 2.22. The number of carboxylic acid groups (broad SMARTS) is 1. The SMILES string of the molecule is COC(C)(C)CCN(CCCC(=O)O)C(C)C. The first-order valence-corrected chi connectivity index (χ1v) is 6.29. The highest BCUT2D eigenvalue weighted by molar-refractivity contribution is 5.66. The zero-order chi connectivity index (χ0) is 13.5. The van der Waals surface area contributed by atoms with E-state index in [4.69, 9.17) is 9.84 Å². The van der Waals surface area contributed by atoms with Crippen LogP contribution in [0.5, 0.6) is 0 Å². The van der Waals surface area contributed by atoms with Gasteiger partial charge in [-0.3, -0.25) is 4.79 Å². The van der Waals surface area contributed by atoms with Gasteiger partial charge in [0.05, 0.1) is 5.60 Å². The lowest BCUT2D eigenvalue weighted by atomic mass is 10.0. The van der Waals surface area contributed by atoms with Crippen LogP contribution in [0.1, 0.15) is 47.0 Å². The van der Waals surface area contributed by atoms with Gasteiger partial charge in [0.15, 0.2) is 0 Å². The Bertz CT molecular complexity index is 227. The Labute approximate surface area is 105 Å². The maximum absolute atomic E-state index is 10.5. The smallest absolute Gasteiger partial charge is 0.303 e. The van der Waals surface area contributed by atoms with Crippen molar-refractivity contribution in [2.75, 3.05) is 20.2 Å². The summed E-state index contributed by atoms with van der Waals surface area (Å²) in [6.07, 6.45) is 1.91. The van der Waals surface area contributed by atoms with Gasteiger partial charge in [0.1, 0.15) is 0 Å². The molecule has 17 heavy (non-hydrogen) atoms. The lowest BCUT2D eigenvalue weighted by Crippen LogP contribution is -2.37. The molecule has 0 aromatic carbocycles. The molecule has 0 bridgehead atoms. The monoisotopic (exact) mass is 245 g/mol. The van der Waals surface area contributed by atoms with Gasteiger partial charge in [0.25, 0.3) is 0 Å². The van der Waals surface area contributed by atoms with Gasteiger partial charge >= 0.3 is 5.97 Å². The molecule has 4 nitrogen and oxygen atoms in total. The Morgan fingerprint density at radius 3 is 2.35 bits per heavy atom. The summed E-state index contributed by atoms with van der Waals surface area (Å²) in [5, 5.41) is 8.62. The normalized spacial score (nSPS) is 12.4. The van der Waals surface area contributed by atoms with Crippen LogP contribution in [0.3, 0.4) is 0 Å². The highest BCUT2D eigenvalue weighted by atomic mass is 16.5. The largest absolute Gasteiger partial charge is 0.481 e. The summed E-state index contributed by atoms with van der Waals surface area (Å²) in [7, 11) is 1.73. The lowest BCUT2D eigenvalue weighted by molar-refractivity contribution is -0.137. The van der Waals surface area contributed by atoms with Crippen molar-refractivity contribution in [3.8, 4) is 0 Å². The van der Waals surface area contributed by atoms with Gasteiger partial charge < -0.3 is 14.7 Å². The minimum Gasteiger partial charge on any atom is -0.481 e. The minimum absolute atomic E-state index is 0.111. The van der Waals surface area contributed by atoms with E-state index >= 15 is 0 Å². The van der Waals surface area contributed by atoms with E-state index < -0.39 is 5.97 Å². The van der Waals surface area contributed by atoms with Crippen molar-refractivity contribution < 1.29 is 14.6 Å². The van der Waals surface area contributed by atoms with Crippen molar-refractivity contribution in [2.45, 2.75) is 58.6 Å². The van der Waals surface area contributed by atoms with Crippen LogP contribution >= 0.6 is 0 Å². The summed E-state index contributed by atoms with van der Waals surface area (Å²) < 4.78 is 5.39. The molecule has 0 radical (unpaired) electrons. The molecule has 4 heteroatoms. The number of aliphatic carboxylic acids is 1. The Hall–Kier alpha value is -0.610. The van der Waals surface area contributed by atoms with Crippen LogP contribution in [0.2, 0.25) is 0 Å². The van der Waals surface area contributed by atoms with Crippen LogP contribution in [-0.2, 0) is 9.53 Å². The number of rotatable bonds is 9. The van der Waals surface area contributed by atoms with E-state index in [0.717, 1.165) is 19.5 Å². The van der Waals surface area contributed by atoms with Crippen molar-refractivity contribution in [1.29, 1.82) is 0 Å². The fourth-order valence-electron chi connectivity index (χ4n) is 1.58. The van der Waals surface area contributed by atoms with Gasteiger partial charge in [-0.25, -0.2) is 0 Å². The third-order valence-corrected chi connectivity index (χ3v) is 3.12. The van der Waals surface area contributed by atoms with E-state index in [1.807, 2.05) is 0 Å². The van der Waals surface area contributed by atoms with Gasteiger partial charge in [-0.15, -0.1) is 0 Å². The number of carbonyl (C=O) groups is 1. The predicted molar refractivity (Wildman–Crippen MR) is 69.3 cm³/mol. The minimum atomic E-state index is -0.717. The quantitative estimate of drug-likeness (QED) is 0.677. The zero-order valence-electron chi connectivity index (χ0n) is 11.8. The zero-order valence-corrected chi connectivity index (χ0v) is 11.8. The van der Waals surface area contributed by atoms with Crippen LogP contribution in [0, 0.1) is 0 Å². The van der Waals surface area contributed by atoms with E-state index in [2.05, 4.69) is 32.6 Å². The topological polar surface area (TPSA) is 49.8 Å². The van der Waals surface area contributed by atoms with Crippen LogP contribution in [0.25, 0.3) is 0 Å². The third kappa shape index (κ3) is 8.16. The molecular formula is C13H27NO3. The molecule has 1 N–H and O–H groups in total. The van der Waals surface area contributed by atoms with Crippen LogP contribution < -0.4 is 0 Å². The summed E-state index contributed by atoms with van der Waals surface area (Å²) in [5.41, 5.74) is -0.111. The molecule has 0 aromatic rings. The number of methoxy groups -OCH3 is 1. The van der Waals surface area contributed by atoms with E-state index in [1.165, 1.54) is 0 Å². The lowest BCUT2D eigenvalue weighted by Gasteiger charge is -2.31. The molecule has 0 aliphatic carbocycles. The second-order valence-electron chi connectivity index (χ2n) is 5.34. The van der Waals surface area contributed by atoms with Gasteiger partial charge in [-0.1, -0.05) is 0 Å². The molecule has 0 saturated carbocycles. The van der Waals surface area contributed by atoms with Gasteiger partial charge in [0.2, 0.25) is 0 Å². The summed E-state index contributed by atoms with van der Waals surface area (Å²) in [4.78, 5) is 12.8. The number of hydrogen-bond donors (Lipinski definition) is 1. The molecule has 102 valence electrons. The third-order valence-electron chi connectivity index (χ3n) is 3.12. The second-order valence-corrected chi connectivity index (χ2v) is 5.34.